The largest absolute Gasteiger partial charge is 0.387 e. The van der Waals surface area contributed by atoms with Crippen molar-refractivity contribution in [2.45, 2.75) is 49.3 Å². The van der Waals surface area contributed by atoms with Gasteiger partial charge in [0.05, 0.1) is 19.5 Å². The second-order valence-corrected chi connectivity index (χ2v) is 15.0. The van der Waals surface area contributed by atoms with Gasteiger partial charge in [0.25, 0.3) is 0 Å². The van der Waals surface area contributed by atoms with Gasteiger partial charge in [0, 0.05) is 24.4 Å². The van der Waals surface area contributed by atoms with Gasteiger partial charge in [-0.25, -0.2) is 19.5 Å². The Morgan fingerprint density at radius 1 is 1.15 bits per heavy atom. The molecule has 4 N–H and O–H groups in total. The van der Waals surface area contributed by atoms with Crippen molar-refractivity contribution in [3.63, 3.8) is 0 Å². The molecule has 3 unspecified atom stereocenters. The normalized spacial score (nSPS) is 37.8. The summed E-state index contributed by atoms with van der Waals surface area (Å²) in [6.45, 7) is -8.70. The van der Waals surface area contributed by atoms with Crippen LogP contribution >= 0.6 is 25.8 Å². The minimum absolute atomic E-state index is 0.156. The van der Waals surface area contributed by atoms with Gasteiger partial charge in [-0.15, -0.1) is 0 Å². The number of anilines is 1. The summed E-state index contributed by atoms with van der Waals surface area (Å²) in [5.74, 6) is 5.93. The third-order valence-corrected chi connectivity index (χ3v) is 9.76. The first-order valence-corrected chi connectivity index (χ1v) is 17.5. The Kier molecular flexibility index (Phi) is 8.20. The highest BCUT2D eigenvalue weighted by molar-refractivity contribution is 8.44. The molecule has 3 fully saturated rings. The van der Waals surface area contributed by atoms with E-state index in [-0.39, 0.29) is 25.5 Å². The summed E-state index contributed by atoms with van der Waals surface area (Å²) in [5, 5.41) is 10.9. The lowest BCUT2D eigenvalue weighted by Gasteiger charge is -2.25. The summed E-state index contributed by atoms with van der Waals surface area (Å²) in [6, 6.07) is 3.45. The molecule has 6 rings (SSSR count). The maximum Gasteiger partial charge on any atom is 0.386 e. The van der Waals surface area contributed by atoms with E-state index in [0.29, 0.717) is 16.7 Å². The van der Waals surface area contributed by atoms with Gasteiger partial charge >= 0.3 is 13.5 Å². The number of aliphatic hydroxyl groups is 1. The first-order chi connectivity index (χ1) is 19.6. The van der Waals surface area contributed by atoms with Gasteiger partial charge in [-0.05, 0) is 23.9 Å². The molecule has 3 saturated heterocycles. The molecule has 3 aliphatic heterocycles. The highest BCUT2D eigenvalue weighted by Crippen LogP contribution is 2.57. The highest BCUT2D eigenvalue weighted by Gasteiger charge is 2.49. The number of pyridine rings is 1. The first-order valence-electron chi connectivity index (χ1n) is 12.2. The van der Waals surface area contributed by atoms with Crippen LogP contribution in [0.3, 0.4) is 0 Å². The Labute approximate surface area is 243 Å². The molecule has 0 radical (unpaired) electrons. The van der Waals surface area contributed by atoms with Gasteiger partial charge in [-0.1, -0.05) is 24.1 Å². The van der Waals surface area contributed by atoms with Crippen LogP contribution in [0.4, 0.5) is 5.82 Å². The van der Waals surface area contributed by atoms with E-state index >= 15 is 0 Å². The van der Waals surface area contributed by atoms with Crippen molar-refractivity contribution in [3.8, 4) is 11.8 Å². The fourth-order valence-corrected chi connectivity index (χ4v) is 7.58. The Balaban J connectivity index is 1.25. The number of thiol groups is 1. The molecule has 0 aliphatic carbocycles. The highest BCUT2D eigenvalue weighted by atomic mass is 32.7. The van der Waals surface area contributed by atoms with E-state index in [1.54, 1.807) is 29.1 Å². The molecular formula is C22H24N6O9P2S2. The van der Waals surface area contributed by atoms with Gasteiger partial charge in [0.2, 0.25) is 0 Å². The van der Waals surface area contributed by atoms with E-state index in [9.17, 15) is 14.6 Å². The number of hydrogen-bond acceptors (Lipinski definition) is 14. The third kappa shape index (κ3) is 6.35. The quantitative estimate of drug-likeness (QED) is 0.169. The van der Waals surface area contributed by atoms with Crippen LogP contribution in [0.5, 0.6) is 0 Å². The third-order valence-electron chi connectivity index (χ3n) is 6.56. The topological polar surface area (TPSA) is 195 Å². The van der Waals surface area contributed by atoms with Gasteiger partial charge in [0.15, 0.2) is 11.5 Å². The van der Waals surface area contributed by atoms with Crippen molar-refractivity contribution in [2.75, 3.05) is 18.9 Å². The summed E-state index contributed by atoms with van der Waals surface area (Å²) >= 11 is 9.37. The van der Waals surface area contributed by atoms with Crippen LogP contribution in [0, 0.1) is 11.8 Å². The van der Waals surface area contributed by atoms with Crippen LogP contribution in [-0.2, 0) is 43.9 Å². The predicted octanol–water partition coefficient (Wildman–Crippen LogP) is 1.34. The van der Waals surface area contributed by atoms with Crippen LogP contribution in [0.25, 0.3) is 11.2 Å². The zero-order chi connectivity index (χ0) is 28.8. The molecule has 2 bridgehead atoms. The van der Waals surface area contributed by atoms with Gasteiger partial charge in [-0.2, -0.15) is 0 Å². The van der Waals surface area contributed by atoms with Crippen LogP contribution in [0.15, 0.2) is 37.2 Å². The number of imidazole rings is 1. The number of aliphatic hydroxyl groups excluding tert-OH is 1. The smallest absolute Gasteiger partial charge is 0.386 e. The number of nitrogens with zero attached hydrogens (tertiary/aromatic N) is 5. The second kappa shape index (κ2) is 11.6. The van der Waals surface area contributed by atoms with Crippen LogP contribution < -0.4 is 5.73 Å². The molecule has 9 atom stereocenters. The number of rotatable bonds is 1. The summed E-state index contributed by atoms with van der Waals surface area (Å²) in [7, 11) is 0. The molecule has 3 aromatic rings. The van der Waals surface area contributed by atoms with Crippen LogP contribution in [0.2, 0.25) is 0 Å². The van der Waals surface area contributed by atoms with E-state index in [1.165, 1.54) is 12.7 Å². The Bertz CT molecular complexity index is 1590. The van der Waals surface area contributed by atoms with Gasteiger partial charge in [0.1, 0.15) is 54.7 Å². The molecule has 6 heterocycles. The minimum Gasteiger partial charge on any atom is -0.387 e. The summed E-state index contributed by atoms with van der Waals surface area (Å²) in [6.07, 6.45) is -1.04. The summed E-state index contributed by atoms with van der Waals surface area (Å²) < 4.78 is 49.4. The molecule has 0 aromatic carbocycles. The average Bonchev–Trinajstić information content (AvgIpc) is 3.62. The first kappa shape index (κ1) is 29.1. The molecule has 0 amide bonds. The van der Waals surface area contributed by atoms with E-state index in [1.807, 2.05) is 0 Å². The summed E-state index contributed by atoms with van der Waals surface area (Å²) in [5.41, 5.74) is 7.29. The predicted molar refractivity (Wildman–Crippen MR) is 149 cm³/mol. The second-order valence-electron chi connectivity index (χ2n) is 9.29. The number of aromatic nitrogens is 5. The molecule has 0 spiro atoms. The molecule has 3 aliphatic rings. The lowest BCUT2D eigenvalue weighted by atomic mass is 10.1. The fraction of sp³-hybridized carbons (Fsp3) is 0.455. The van der Waals surface area contributed by atoms with Crippen molar-refractivity contribution in [2.24, 2.45) is 0 Å². The lowest BCUT2D eigenvalue weighted by Crippen LogP contribution is -2.36. The average molecular weight is 643 g/mol. The van der Waals surface area contributed by atoms with Gasteiger partial charge < -0.3 is 29.7 Å². The zero-order valence-corrected chi connectivity index (χ0v) is 24.4. The molecule has 3 aromatic heterocycles. The fourth-order valence-electron chi connectivity index (χ4n) is 4.63. The van der Waals surface area contributed by atoms with E-state index in [2.05, 4.69) is 44.0 Å². The number of nitrogens with two attached hydrogens (primary N) is 1. The van der Waals surface area contributed by atoms with E-state index in [4.69, 9.17) is 45.1 Å². The van der Waals surface area contributed by atoms with Crippen molar-refractivity contribution >= 4 is 54.6 Å². The standard InChI is InChI=1S/C22H24N6O9P2S2/c23-21-18-22(26-10-25-21)28(11-27-18)17-6-14-15(35-17)8-32-39(31,41)37-20-13(4-3-12-2-1-5-24-7-12)34-16(19(20)29)9-33-38(30,40)36-14/h1-2,5,7,10-11,13-17,19-20,29H,6,8-9H2,(H,30,40)(H,31,41)(H2,23,25,26)/t13-,14-,15+,16?,17+,19+,20-,38?,39?/m0/s1. The maximum absolute atomic E-state index is 13.3. The van der Waals surface area contributed by atoms with Crippen LogP contribution in [-0.4, -0.2) is 84.3 Å². The van der Waals surface area contributed by atoms with Crippen molar-refractivity contribution in [1.29, 1.82) is 0 Å². The Morgan fingerprint density at radius 3 is 2.78 bits per heavy atom. The number of nitrogen functional groups attached to an aromatic ring is 1. The van der Waals surface area contributed by atoms with Gasteiger partial charge in [-0.3, -0.25) is 23.1 Å². The SMILES string of the molecule is Nc1ncnc2c1ncn2[C@H]1C[C@@H]2OP(=O)(S)OCC3O[C@@H](C#Cc4cccnc4)[C@H](OP(O)(=S)OC[C@H]2O1)[C@@H]3O. The molecular weight excluding hydrogens is 618 g/mol. The van der Waals surface area contributed by atoms with Crippen LogP contribution in [0.1, 0.15) is 18.2 Å². The minimum atomic E-state index is -4.02. The Morgan fingerprint density at radius 2 is 1.98 bits per heavy atom. The van der Waals surface area contributed by atoms with Crippen molar-refractivity contribution in [1.82, 2.24) is 24.5 Å². The number of fused-ring (bicyclic) bond motifs is 4. The Hall–Kier alpha value is -2.03. The zero-order valence-electron chi connectivity index (χ0n) is 20.9. The molecule has 0 saturated carbocycles. The molecule has 15 nitrogen and oxygen atoms in total. The monoisotopic (exact) mass is 642 g/mol. The van der Waals surface area contributed by atoms with E-state index < -0.39 is 56.4 Å². The molecule has 218 valence electrons. The maximum atomic E-state index is 13.3. The summed E-state index contributed by atoms with van der Waals surface area (Å²) in [4.78, 5) is 27.3. The van der Waals surface area contributed by atoms with E-state index in [0.717, 1.165) is 0 Å². The van der Waals surface area contributed by atoms with Crippen molar-refractivity contribution < 1.29 is 42.1 Å². The van der Waals surface area contributed by atoms with Crippen molar-refractivity contribution in [3.05, 3.63) is 42.7 Å². The number of ether oxygens (including phenoxy) is 2. The lowest BCUT2D eigenvalue weighted by molar-refractivity contribution is -0.0420. The molecule has 41 heavy (non-hydrogen) atoms. The molecule has 19 heteroatoms. The number of hydrogen-bond donors (Lipinski definition) is 4.